The molecule has 1 aromatic heterocycles. The molecule has 0 radical (unpaired) electrons. The summed E-state index contributed by atoms with van der Waals surface area (Å²) in [4.78, 5) is 25.1. The van der Waals surface area contributed by atoms with Crippen molar-refractivity contribution in [2.45, 2.75) is 18.9 Å². The van der Waals surface area contributed by atoms with Crippen molar-refractivity contribution in [3.05, 3.63) is 34.2 Å². The molecule has 2 heterocycles. The highest BCUT2D eigenvalue weighted by Crippen LogP contribution is 2.02. The first kappa shape index (κ1) is 10.9. The molecule has 3 N–H and O–H groups in total. The van der Waals surface area contributed by atoms with Gasteiger partial charge in [-0.3, -0.25) is 9.59 Å². The highest BCUT2D eigenvalue weighted by Gasteiger charge is 2.15. The number of carbonyl (C=O) groups is 1. The van der Waals surface area contributed by atoms with E-state index in [1.54, 1.807) is 0 Å². The van der Waals surface area contributed by atoms with E-state index in [9.17, 15) is 9.59 Å². The first-order chi connectivity index (χ1) is 7.75. The van der Waals surface area contributed by atoms with Gasteiger partial charge in [0.1, 0.15) is 0 Å². The molecule has 1 aromatic rings. The van der Waals surface area contributed by atoms with Crippen LogP contribution in [0.5, 0.6) is 0 Å². The maximum atomic E-state index is 11.8. The molecule has 1 unspecified atom stereocenters. The van der Waals surface area contributed by atoms with Crippen LogP contribution in [-0.4, -0.2) is 30.0 Å². The van der Waals surface area contributed by atoms with E-state index in [2.05, 4.69) is 15.6 Å². The fraction of sp³-hybridized carbons (Fsp3) is 0.455. The number of carbonyl (C=O) groups excluding carboxylic acids is 1. The molecule has 2 rings (SSSR count). The second-order valence-corrected chi connectivity index (χ2v) is 3.96. The third kappa shape index (κ3) is 2.70. The van der Waals surface area contributed by atoms with Gasteiger partial charge in [0, 0.05) is 24.8 Å². The largest absolute Gasteiger partial charge is 0.348 e. The van der Waals surface area contributed by atoms with Gasteiger partial charge in [-0.1, -0.05) is 0 Å². The molecule has 5 nitrogen and oxygen atoms in total. The molecule has 1 saturated heterocycles. The molecule has 86 valence electrons. The average molecular weight is 221 g/mol. The highest BCUT2D eigenvalue weighted by molar-refractivity contribution is 5.94. The van der Waals surface area contributed by atoms with Crippen molar-refractivity contribution in [1.29, 1.82) is 0 Å². The summed E-state index contributed by atoms with van der Waals surface area (Å²) >= 11 is 0. The fourth-order valence-corrected chi connectivity index (χ4v) is 1.80. The number of piperidine rings is 1. The summed E-state index contributed by atoms with van der Waals surface area (Å²) in [5.74, 6) is -0.134. The maximum Gasteiger partial charge on any atom is 0.253 e. The van der Waals surface area contributed by atoms with Gasteiger partial charge in [-0.25, -0.2) is 0 Å². The third-order valence-corrected chi connectivity index (χ3v) is 2.68. The van der Waals surface area contributed by atoms with Crippen molar-refractivity contribution >= 4 is 5.91 Å². The van der Waals surface area contributed by atoms with Crippen LogP contribution in [0.15, 0.2) is 23.1 Å². The van der Waals surface area contributed by atoms with Crippen molar-refractivity contribution in [2.75, 3.05) is 13.1 Å². The Bertz CT molecular complexity index is 401. The number of hydrogen-bond donors (Lipinski definition) is 3. The summed E-state index contributed by atoms with van der Waals surface area (Å²) in [5.41, 5.74) is 0.293. The molecule has 0 aliphatic carbocycles. The zero-order valence-electron chi connectivity index (χ0n) is 8.95. The number of aromatic nitrogens is 1. The topological polar surface area (TPSA) is 74.0 Å². The van der Waals surface area contributed by atoms with E-state index in [1.165, 1.54) is 18.3 Å². The predicted molar refractivity (Wildman–Crippen MR) is 60.4 cm³/mol. The van der Waals surface area contributed by atoms with Crippen molar-refractivity contribution in [3.8, 4) is 0 Å². The van der Waals surface area contributed by atoms with Crippen LogP contribution in [0.25, 0.3) is 0 Å². The van der Waals surface area contributed by atoms with Gasteiger partial charge in [-0.05, 0) is 25.5 Å². The number of amides is 1. The molecule has 1 amide bonds. The van der Waals surface area contributed by atoms with Crippen LogP contribution in [0.1, 0.15) is 23.2 Å². The molecule has 1 aliphatic heterocycles. The van der Waals surface area contributed by atoms with Crippen LogP contribution in [0.2, 0.25) is 0 Å². The minimum Gasteiger partial charge on any atom is -0.348 e. The van der Waals surface area contributed by atoms with E-state index in [1.807, 2.05) is 0 Å². The Morgan fingerprint density at radius 1 is 1.44 bits per heavy atom. The van der Waals surface area contributed by atoms with Crippen molar-refractivity contribution < 1.29 is 4.79 Å². The van der Waals surface area contributed by atoms with Crippen LogP contribution in [0.3, 0.4) is 0 Å². The predicted octanol–water partition coefficient (Wildman–Crippen LogP) is -0.143. The molecule has 1 aliphatic rings. The molecular weight excluding hydrogens is 206 g/mol. The van der Waals surface area contributed by atoms with E-state index >= 15 is 0 Å². The van der Waals surface area contributed by atoms with E-state index in [0.29, 0.717) is 5.56 Å². The Morgan fingerprint density at radius 2 is 2.31 bits per heavy atom. The standard InChI is InChI=1S/C11H15N3O2/c15-10-4-3-8(6-13-10)11(16)14-9-2-1-5-12-7-9/h3-4,6,9,12H,1-2,5,7H2,(H,13,15)(H,14,16). The van der Waals surface area contributed by atoms with E-state index < -0.39 is 0 Å². The van der Waals surface area contributed by atoms with Gasteiger partial charge in [-0.2, -0.15) is 0 Å². The Balaban J connectivity index is 1.96. The smallest absolute Gasteiger partial charge is 0.253 e. The second kappa shape index (κ2) is 4.94. The summed E-state index contributed by atoms with van der Waals surface area (Å²) in [6, 6.07) is 3.08. The first-order valence-corrected chi connectivity index (χ1v) is 5.46. The van der Waals surface area contributed by atoms with Gasteiger partial charge in [0.2, 0.25) is 5.56 Å². The minimum atomic E-state index is -0.198. The van der Waals surface area contributed by atoms with Crippen LogP contribution in [0, 0.1) is 0 Å². The van der Waals surface area contributed by atoms with E-state index in [0.717, 1.165) is 25.9 Å². The van der Waals surface area contributed by atoms with Crippen LogP contribution >= 0.6 is 0 Å². The monoisotopic (exact) mass is 221 g/mol. The molecule has 0 saturated carbocycles. The molecule has 0 bridgehead atoms. The lowest BCUT2D eigenvalue weighted by Crippen LogP contribution is -2.45. The van der Waals surface area contributed by atoms with Gasteiger partial charge >= 0.3 is 0 Å². The lowest BCUT2D eigenvalue weighted by Gasteiger charge is -2.23. The quantitative estimate of drug-likeness (QED) is 0.650. The fourth-order valence-electron chi connectivity index (χ4n) is 1.80. The van der Waals surface area contributed by atoms with Gasteiger partial charge in [-0.15, -0.1) is 0 Å². The van der Waals surface area contributed by atoms with Crippen molar-refractivity contribution in [3.63, 3.8) is 0 Å². The number of nitrogens with one attached hydrogen (secondary N) is 3. The molecule has 1 fully saturated rings. The average Bonchev–Trinajstić information content (AvgIpc) is 2.31. The SMILES string of the molecule is O=C(NC1CCCNC1)c1ccc(=O)[nH]c1. The maximum absolute atomic E-state index is 11.8. The summed E-state index contributed by atoms with van der Waals surface area (Å²) in [6.07, 6.45) is 3.52. The van der Waals surface area contributed by atoms with Crippen LogP contribution in [-0.2, 0) is 0 Å². The second-order valence-electron chi connectivity index (χ2n) is 3.96. The Labute approximate surface area is 93.3 Å². The Kier molecular flexibility index (Phi) is 3.36. The zero-order chi connectivity index (χ0) is 11.4. The summed E-state index contributed by atoms with van der Waals surface area (Å²) < 4.78 is 0. The molecular formula is C11H15N3O2. The first-order valence-electron chi connectivity index (χ1n) is 5.46. The number of aromatic amines is 1. The number of H-pyrrole nitrogens is 1. The summed E-state index contributed by atoms with van der Waals surface area (Å²) in [6.45, 7) is 1.83. The molecule has 16 heavy (non-hydrogen) atoms. The van der Waals surface area contributed by atoms with E-state index in [4.69, 9.17) is 0 Å². The van der Waals surface area contributed by atoms with Gasteiger partial charge in [0.05, 0.1) is 5.56 Å². The lowest BCUT2D eigenvalue weighted by atomic mass is 10.1. The Morgan fingerprint density at radius 3 is 2.94 bits per heavy atom. The Hall–Kier alpha value is -1.62. The van der Waals surface area contributed by atoms with Crippen LogP contribution in [0.4, 0.5) is 0 Å². The van der Waals surface area contributed by atoms with Crippen molar-refractivity contribution in [2.24, 2.45) is 0 Å². The molecule has 1 atom stereocenters. The van der Waals surface area contributed by atoms with Crippen LogP contribution < -0.4 is 16.2 Å². The molecule has 0 aromatic carbocycles. The summed E-state index contributed by atoms with van der Waals surface area (Å²) in [7, 11) is 0. The normalized spacial score (nSPS) is 20.4. The van der Waals surface area contributed by atoms with Gasteiger partial charge in [0.25, 0.3) is 5.91 Å². The van der Waals surface area contributed by atoms with Gasteiger partial charge in [0.15, 0.2) is 0 Å². The highest BCUT2D eigenvalue weighted by atomic mass is 16.2. The summed E-state index contributed by atoms with van der Waals surface area (Å²) in [5, 5.41) is 6.16. The number of pyridine rings is 1. The number of rotatable bonds is 2. The number of hydrogen-bond acceptors (Lipinski definition) is 3. The van der Waals surface area contributed by atoms with Crippen molar-refractivity contribution in [1.82, 2.24) is 15.6 Å². The third-order valence-electron chi connectivity index (χ3n) is 2.68. The van der Waals surface area contributed by atoms with Gasteiger partial charge < -0.3 is 15.6 Å². The molecule has 5 heteroatoms. The lowest BCUT2D eigenvalue weighted by molar-refractivity contribution is 0.0930. The minimum absolute atomic E-state index is 0.134. The van der Waals surface area contributed by atoms with E-state index in [-0.39, 0.29) is 17.5 Å². The molecule has 0 spiro atoms. The zero-order valence-corrected chi connectivity index (χ0v) is 8.95.